The quantitative estimate of drug-likeness (QED) is 0.850. The zero-order chi connectivity index (χ0) is 18.0. The lowest BCUT2D eigenvalue weighted by atomic mass is 10.0. The average Bonchev–Trinajstić information content (AvgIpc) is 2.55. The van der Waals surface area contributed by atoms with Gasteiger partial charge >= 0.3 is 0 Å². The number of para-hydroxylation sites is 2. The fourth-order valence-electron chi connectivity index (χ4n) is 2.64. The van der Waals surface area contributed by atoms with Crippen molar-refractivity contribution in [3.8, 4) is 5.75 Å². The maximum Gasteiger partial charge on any atom is 0.270 e. The highest BCUT2D eigenvalue weighted by Gasteiger charge is 2.40. The monoisotopic (exact) mass is 359 g/mol. The lowest BCUT2D eigenvalue weighted by Gasteiger charge is -2.38. The number of hydrogen-bond donors (Lipinski definition) is 1. The zero-order valence-corrected chi connectivity index (χ0v) is 14.7. The molecule has 1 aromatic heterocycles. The Kier molecular flexibility index (Phi) is 4.63. The fraction of sp³-hybridized carbons (Fsp3) is 0.278. The minimum Gasteiger partial charge on any atom is -0.476 e. The number of carbonyl (C=O) groups is 2. The van der Waals surface area contributed by atoms with Crippen LogP contribution in [0.4, 0.5) is 11.5 Å². The summed E-state index contributed by atoms with van der Waals surface area (Å²) in [5.41, 5.74) is -0.306. The Morgan fingerprint density at radius 1 is 1.24 bits per heavy atom. The molecular weight excluding hydrogens is 342 g/mol. The second kappa shape index (κ2) is 6.72. The molecule has 1 aromatic carbocycles. The molecule has 6 nitrogen and oxygen atoms in total. The Morgan fingerprint density at radius 2 is 2.00 bits per heavy atom. The molecular formula is C18H18ClN3O3. The second-order valence-corrected chi connectivity index (χ2v) is 6.57. The second-order valence-electron chi connectivity index (χ2n) is 6.18. The largest absolute Gasteiger partial charge is 0.476 e. The number of amides is 2. The van der Waals surface area contributed by atoms with E-state index in [1.54, 1.807) is 43.0 Å². The maximum atomic E-state index is 12.7. The molecule has 25 heavy (non-hydrogen) atoms. The Balaban J connectivity index is 1.71. The third-order valence-electron chi connectivity index (χ3n) is 3.83. The first-order chi connectivity index (χ1) is 11.9. The molecule has 0 saturated carbocycles. The molecule has 0 unspecified atom stereocenters. The molecule has 1 N–H and O–H groups in total. The molecule has 0 bridgehead atoms. The Bertz CT molecular complexity index is 823. The van der Waals surface area contributed by atoms with Gasteiger partial charge in [0.25, 0.3) is 5.91 Å². The molecule has 0 aliphatic carbocycles. The molecule has 1 aliphatic heterocycles. The van der Waals surface area contributed by atoms with E-state index in [9.17, 15) is 9.59 Å². The van der Waals surface area contributed by atoms with Gasteiger partial charge in [-0.1, -0.05) is 29.8 Å². The van der Waals surface area contributed by atoms with E-state index in [-0.39, 0.29) is 24.8 Å². The number of aromatic nitrogens is 1. The Hall–Kier alpha value is -2.60. The van der Waals surface area contributed by atoms with Gasteiger partial charge in [-0.2, -0.15) is 0 Å². The molecule has 0 fully saturated rings. The molecule has 0 atom stereocenters. The Morgan fingerprint density at radius 3 is 2.76 bits per heavy atom. The molecule has 2 aromatic rings. The number of nitrogens with one attached hydrogen (secondary N) is 1. The summed E-state index contributed by atoms with van der Waals surface area (Å²) in [6.45, 7) is 3.68. The van der Waals surface area contributed by atoms with E-state index in [0.717, 1.165) is 0 Å². The SMILES string of the molecule is CC1(C)Oc2ccccc2N(CCC(=O)Nc2cccc(Cl)n2)C1=O. The van der Waals surface area contributed by atoms with Crippen LogP contribution < -0.4 is 15.0 Å². The minimum absolute atomic E-state index is 0.129. The van der Waals surface area contributed by atoms with Gasteiger partial charge in [0, 0.05) is 13.0 Å². The molecule has 7 heteroatoms. The summed E-state index contributed by atoms with van der Waals surface area (Å²) in [7, 11) is 0. The summed E-state index contributed by atoms with van der Waals surface area (Å²) in [5, 5.41) is 2.98. The number of hydrogen-bond acceptors (Lipinski definition) is 4. The fourth-order valence-corrected chi connectivity index (χ4v) is 2.80. The number of pyridine rings is 1. The van der Waals surface area contributed by atoms with Gasteiger partial charge in [-0.05, 0) is 38.1 Å². The number of fused-ring (bicyclic) bond motifs is 1. The first-order valence-corrected chi connectivity index (χ1v) is 8.27. The highest BCUT2D eigenvalue weighted by atomic mass is 35.5. The van der Waals surface area contributed by atoms with Crippen LogP contribution in [0.25, 0.3) is 0 Å². The van der Waals surface area contributed by atoms with Crippen molar-refractivity contribution in [3.63, 3.8) is 0 Å². The van der Waals surface area contributed by atoms with Crippen molar-refractivity contribution in [2.24, 2.45) is 0 Å². The smallest absolute Gasteiger partial charge is 0.270 e. The van der Waals surface area contributed by atoms with Gasteiger partial charge in [0.05, 0.1) is 5.69 Å². The summed E-state index contributed by atoms with van der Waals surface area (Å²) in [6, 6.07) is 12.3. The van der Waals surface area contributed by atoms with E-state index >= 15 is 0 Å². The van der Waals surface area contributed by atoms with E-state index in [2.05, 4.69) is 10.3 Å². The summed E-state index contributed by atoms with van der Waals surface area (Å²) in [4.78, 5) is 30.4. The van der Waals surface area contributed by atoms with E-state index in [1.165, 1.54) is 0 Å². The maximum absolute atomic E-state index is 12.7. The van der Waals surface area contributed by atoms with Crippen LogP contribution >= 0.6 is 11.6 Å². The first kappa shape index (κ1) is 17.2. The molecule has 1 aliphatic rings. The Labute approximate surface area is 150 Å². The third kappa shape index (κ3) is 3.74. The summed E-state index contributed by atoms with van der Waals surface area (Å²) < 4.78 is 5.76. The molecule has 2 heterocycles. The molecule has 2 amide bonds. The van der Waals surface area contributed by atoms with Crippen molar-refractivity contribution in [1.82, 2.24) is 4.98 Å². The van der Waals surface area contributed by atoms with Crippen LogP contribution in [0.2, 0.25) is 5.15 Å². The van der Waals surface area contributed by atoms with Crippen molar-refractivity contribution in [1.29, 1.82) is 0 Å². The van der Waals surface area contributed by atoms with Gasteiger partial charge in [0.2, 0.25) is 5.91 Å². The van der Waals surface area contributed by atoms with Gasteiger partial charge in [-0.3, -0.25) is 9.59 Å². The van der Waals surface area contributed by atoms with Gasteiger partial charge in [0.1, 0.15) is 16.7 Å². The van der Waals surface area contributed by atoms with Crippen LogP contribution in [-0.2, 0) is 9.59 Å². The van der Waals surface area contributed by atoms with Crippen LogP contribution in [0.5, 0.6) is 5.75 Å². The topological polar surface area (TPSA) is 71.5 Å². The normalized spacial score (nSPS) is 15.3. The molecule has 0 spiro atoms. The van der Waals surface area contributed by atoms with Crippen molar-refractivity contribution < 1.29 is 14.3 Å². The number of halogens is 1. The summed E-state index contributed by atoms with van der Waals surface area (Å²) >= 11 is 5.80. The third-order valence-corrected chi connectivity index (χ3v) is 4.04. The predicted molar refractivity (Wildman–Crippen MR) is 96.0 cm³/mol. The minimum atomic E-state index is -0.973. The van der Waals surface area contributed by atoms with Crippen molar-refractivity contribution in [2.45, 2.75) is 25.9 Å². The van der Waals surface area contributed by atoms with Crippen LogP contribution in [0.1, 0.15) is 20.3 Å². The van der Waals surface area contributed by atoms with Crippen LogP contribution in [0.15, 0.2) is 42.5 Å². The lowest BCUT2D eigenvalue weighted by Crippen LogP contribution is -2.53. The summed E-state index contributed by atoms with van der Waals surface area (Å²) in [6.07, 6.45) is 0.129. The van der Waals surface area contributed by atoms with Gasteiger partial charge in [-0.25, -0.2) is 4.98 Å². The van der Waals surface area contributed by atoms with Crippen LogP contribution in [0, 0.1) is 0 Å². The van der Waals surface area contributed by atoms with Crippen LogP contribution in [-0.4, -0.2) is 28.9 Å². The molecule has 3 rings (SSSR count). The average molecular weight is 360 g/mol. The summed E-state index contributed by atoms with van der Waals surface area (Å²) in [5.74, 6) is 0.583. The van der Waals surface area contributed by atoms with E-state index in [4.69, 9.17) is 16.3 Å². The van der Waals surface area contributed by atoms with Crippen molar-refractivity contribution in [2.75, 3.05) is 16.8 Å². The van der Waals surface area contributed by atoms with Crippen molar-refractivity contribution >= 4 is 34.9 Å². The number of carbonyl (C=O) groups excluding carboxylic acids is 2. The van der Waals surface area contributed by atoms with E-state index < -0.39 is 5.60 Å². The number of anilines is 2. The van der Waals surface area contributed by atoms with Crippen LogP contribution in [0.3, 0.4) is 0 Å². The van der Waals surface area contributed by atoms with Gasteiger partial charge < -0.3 is 15.0 Å². The van der Waals surface area contributed by atoms with E-state index in [0.29, 0.717) is 22.4 Å². The highest BCUT2D eigenvalue weighted by molar-refractivity contribution is 6.29. The predicted octanol–water partition coefficient (Wildman–Crippen LogP) is 3.27. The highest BCUT2D eigenvalue weighted by Crippen LogP contribution is 2.37. The van der Waals surface area contributed by atoms with E-state index in [1.807, 2.05) is 18.2 Å². The lowest BCUT2D eigenvalue weighted by molar-refractivity contribution is -0.132. The number of benzene rings is 1. The first-order valence-electron chi connectivity index (χ1n) is 7.89. The molecule has 0 saturated heterocycles. The number of ether oxygens (including phenoxy) is 1. The zero-order valence-electron chi connectivity index (χ0n) is 14.0. The standard InChI is InChI=1S/C18H18ClN3O3/c1-18(2)17(24)22(12-6-3-4-7-13(12)25-18)11-10-16(23)21-15-9-5-8-14(19)20-15/h3-9H,10-11H2,1-2H3,(H,20,21,23). The van der Waals surface area contributed by atoms with Crippen molar-refractivity contribution in [3.05, 3.63) is 47.6 Å². The molecule has 0 radical (unpaired) electrons. The van der Waals surface area contributed by atoms with Gasteiger partial charge in [-0.15, -0.1) is 0 Å². The van der Waals surface area contributed by atoms with Gasteiger partial charge in [0.15, 0.2) is 5.60 Å². The number of rotatable bonds is 4. The molecule has 130 valence electrons. The number of nitrogens with zero attached hydrogens (tertiary/aromatic N) is 2.